The number of carbonyl (C=O) groups is 1. The Morgan fingerprint density at radius 3 is 2.73 bits per heavy atom. The molecule has 6 heteroatoms. The fourth-order valence-corrected chi connectivity index (χ4v) is 5.33. The molecule has 0 radical (unpaired) electrons. The van der Waals surface area contributed by atoms with Crippen molar-refractivity contribution in [2.24, 2.45) is 0 Å². The van der Waals surface area contributed by atoms with Crippen LogP contribution in [0.1, 0.15) is 55.9 Å². The lowest BCUT2D eigenvalue weighted by Gasteiger charge is -2.14. The van der Waals surface area contributed by atoms with E-state index in [2.05, 4.69) is 6.92 Å². The number of benzene rings is 1. The summed E-state index contributed by atoms with van der Waals surface area (Å²) in [5.74, 6) is 0.158. The van der Waals surface area contributed by atoms with Crippen LogP contribution in [0.15, 0.2) is 35.1 Å². The Balaban J connectivity index is 1.70. The summed E-state index contributed by atoms with van der Waals surface area (Å²) in [4.78, 5) is 33.0. The van der Waals surface area contributed by atoms with E-state index in [0.717, 1.165) is 67.3 Å². The molecule has 2 heterocycles. The zero-order valence-electron chi connectivity index (χ0n) is 17.5. The number of hydrogen-bond donors (Lipinski definition) is 0. The Bertz CT molecular complexity index is 1090. The summed E-state index contributed by atoms with van der Waals surface area (Å²) < 4.78 is 6.93. The van der Waals surface area contributed by atoms with Crippen LogP contribution in [-0.4, -0.2) is 22.1 Å². The molecule has 0 saturated heterocycles. The molecule has 0 N–H and O–H groups in total. The number of ether oxygens (including phenoxy) is 1. The van der Waals surface area contributed by atoms with Crippen molar-refractivity contribution in [3.8, 4) is 11.4 Å². The van der Waals surface area contributed by atoms with E-state index in [9.17, 15) is 9.59 Å². The number of fused-ring (bicyclic) bond motifs is 3. The zero-order valence-corrected chi connectivity index (χ0v) is 18.3. The molecule has 0 unspecified atom stereocenters. The summed E-state index contributed by atoms with van der Waals surface area (Å²) in [5.41, 5.74) is 1.85. The van der Waals surface area contributed by atoms with Crippen molar-refractivity contribution in [1.82, 2.24) is 9.55 Å². The fourth-order valence-electron chi connectivity index (χ4n) is 4.08. The summed E-state index contributed by atoms with van der Waals surface area (Å²) in [6, 6.07) is 9.61. The number of aromatic nitrogens is 2. The van der Waals surface area contributed by atoms with Gasteiger partial charge in [-0.05, 0) is 37.7 Å². The van der Waals surface area contributed by atoms with Crippen molar-refractivity contribution < 1.29 is 9.53 Å². The molecule has 5 nitrogen and oxygen atoms in total. The topological polar surface area (TPSA) is 61.2 Å². The molecule has 30 heavy (non-hydrogen) atoms. The highest BCUT2D eigenvalue weighted by Crippen LogP contribution is 2.34. The lowest BCUT2D eigenvalue weighted by molar-refractivity contribution is -0.144. The first kappa shape index (κ1) is 20.8. The number of thiophene rings is 1. The van der Waals surface area contributed by atoms with Gasteiger partial charge in [0.2, 0.25) is 0 Å². The number of carbonyl (C=O) groups excluding carboxylic acids is 1. The van der Waals surface area contributed by atoms with E-state index in [4.69, 9.17) is 9.72 Å². The van der Waals surface area contributed by atoms with E-state index >= 15 is 0 Å². The Kier molecular flexibility index (Phi) is 6.62. The van der Waals surface area contributed by atoms with Crippen LogP contribution in [0.4, 0.5) is 0 Å². The molecule has 0 amide bonds. The molecule has 0 spiro atoms. The lowest BCUT2D eigenvalue weighted by atomic mass is 9.97. The molecule has 158 valence electrons. The quantitative estimate of drug-likeness (QED) is 0.372. The highest BCUT2D eigenvalue weighted by molar-refractivity contribution is 7.18. The predicted molar refractivity (Wildman–Crippen MR) is 121 cm³/mol. The molecule has 1 aromatic carbocycles. The number of rotatable bonds is 8. The summed E-state index contributed by atoms with van der Waals surface area (Å²) in [7, 11) is 0. The van der Waals surface area contributed by atoms with Gasteiger partial charge in [-0.3, -0.25) is 14.2 Å². The van der Waals surface area contributed by atoms with Gasteiger partial charge in [-0.15, -0.1) is 11.3 Å². The predicted octanol–water partition coefficient (Wildman–Crippen LogP) is 5.13. The Hall–Kier alpha value is -2.47. The van der Waals surface area contributed by atoms with Crippen LogP contribution in [0.5, 0.6) is 0 Å². The maximum Gasteiger partial charge on any atom is 0.326 e. The maximum atomic E-state index is 13.5. The van der Waals surface area contributed by atoms with Crippen LogP contribution in [0.25, 0.3) is 21.6 Å². The number of hydrogen-bond acceptors (Lipinski definition) is 5. The van der Waals surface area contributed by atoms with Gasteiger partial charge in [0.25, 0.3) is 5.56 Å². The van der Waals surface area contributed by atoms with E-state index in [-0.39, 0.29) is 18.1 Å². The van der Waals surface area contributed by atoms with Gasteiger partial charge in [-0.1, -0.05) is 56.5 Å². The standard InChI is InChI=1S/C24H28N2O3S/c1-2-3-4-10-15-29-20(27)16-26-22(17-11-6-5-7-12-17)25-23-21(24(26)28)18-13-8-9-14-19(18)30-23/h5-7,11-12H,2-4,8-10,13-16H2,1H3. The Morgan fingerprint density at radius 2 is 1.93 bits per heavy atom. The van der Waals surface area contributed by atoms with E-state index in [1.807, 2.05) is 30.3 Å². The van der Waals surface area contributed by atoms with Crippen LogP contribution in [0.3, 0.4) is 0 Å². The van der Waals surface area contributed by atoms with Gasteiger partial charge in [0.05, 0.1) is 12.0 Å². The van der Waals surface area contributed by atoms with Crippen molar-refractivity contribution in [2.75, 3.05) is 6.61 Å². The van der Waals surface area contributed by atoms with Crippen LogP contribution >= 0.6 is 11.3 Å². The first-order chi connectivity index (χ1) is 14.7. The van der Waals surface area contributed by atoms with Gasteiger partial charge in [0, 0.05) is 10.4 Å². The molecule has 1 aliphatic carbocycles. The molecule has 0 fully saturated rings. The highest BCUT2D eigenvalue weighted by Gasteiger charge is 2.23. The molecule has 4 rings (SSSR count). The summed E-state index contributed by atoms with van der Waals surface area (Å²) in [5, 5.41) is 0.699. The first-order valence-electron chi connectivity index (χ1n) is 10.9. The SMILES string of the molecule is CCCCCCOC(=O)Cn1c(-c2ccccc2)nc2sc3c(c2c1=O)CCCC3. The van der Waals surface area contributed by atoms with E-state index < -0.39 is 0 Å². The second-order valence-electron chi connectivity index (χ2n) is 7.86. The minimum absolute atomic E-state index is 0.107. The smallest absolute Gasteiger partial charge is 0.326 e. The maximum absolute atomic E-state index is 13.5. The van der Waals surface area contributed by atoms with Gasteiger partial charge < -0.3 is 4.74 Å². The highest BCUT2D eigenvalue weighted by atomic mass is 32.1. The van der Waals surface area contributed by atoms with Gasteiger partial charge >= 0.3 is 5.97 Å². The van der Waals surface area contributed by atoms with E-state index in [1.165, 1.54) is 9.44 Å². The second kappa shape index (κ2) is 9.56. The third-order valence-corrected chi connectivity index (χ3v) is 6.84. The first-order valence-corrected chi connectivity index (χ1v) is 11.8. The summed E-state index contributed by atoms with van der Waals surface area (Å²) >= 11 is 1.63. The Labute approximate surface area is 180 Å². The lowest BCUT2D eigenvalue weighted by Crippen LogP contribution is -2.28. The van der Waals surface area contributed by atoms with Gasteiger partial charge in [-0.25, -0.2) is 4.98 Å². The molecule has 1 aliphatic rings. The largest absolute Gasteiger partial charge is 0.464 e. The van der Waals surface area contributed by atoms with Gasteiger partial charge in [0.15, 0.2) is 0 Å². The van der Waals surface area contributed by atoms with Crippen molar-refractivity contribution in [3.63, 3.8) is 0 Å². The average Bonchev–Trinajstić information content (AvgIpc) is 3.14. The molecule has 3 aromatic rings. The molecule has 0 aliphatic heterocycles. The Morgan fingerprint density at radius 1 is 1.13 bits per heavy atom. The fraction of sp³-hybridized carbons (Fsp3) is 0.458. The van der Waals surface area contributed by atoms with Crippen molar-refractivity contribution in [2.45, 2.75) is 64.8 Å². The number of esters is 1. The van der Waals surface area contributed by atoms with Crippen LogP contribution in [0, 0.1) is 0 Å². The molecule has 0 saturated carbocycles. The van der Waals surface area contributed by atoms with E-state index in [1.54, 1.807) is 11.3 Å². The minimum atomic E-state index is -0.379. The molecule has 0 bridgehead atoms. The van der Waals surface area contributed by atoms with Crippen LogP contribution in [0.2, 0.25) is 0 Å². The third-order valence-electron chi connectivity index (χ3n) is 5.65. The van der Waals surface area contributed by atoms with Gasteiger partial charge in [0.1, 0.15) is 17.2 Å². The molecule has 0 atom stereocenters. The van der Waals surface area contributed by atoms with Crippen molar-refractivity contribution in [1.29, 1.82) is 0 Å². The monoisotopic (exact) mass is 424 g/mol. The summed E-state index contributed by atoms with van der Waals surface area (Å²) in [6.45, 7) is 2.44. The number of aryl methyl sites for hydroxylation is 2. The second-order valence-corrected chi connectivity index (χ2v) is 8.95. The minimum Gasteiger partial charge on any atom is -0.464 e. The number of unbranched alkanes of at least 4 members (excludes halogenated alkanes) is 3. The normalized spacial score (nSPS) is 13.4. The van der Waals surface area contributed by atoms with Crippen LogP contribution in [-0.2, 0) is 28.9 Å². The van der Waals surface area contributed by atoms with Gasteiger partial charge in [-0.2, -0.15) is 0 Å². The molecule has 2 aromatic heterocycles. The van der Waals surface area contributed by atoms with E-state index in [0.29, 0.717) is 17.8 Å². The zero-order chi connectivity index (χ0) is 20.9. The van der Waals surface area contributed by atoms with Crippen molar-refractivity contribution >= 4 is 27.5 Å². The molecular formula is C24H28N2O3S. The third kappa shape index (κ3) is 4.33. The molecular weight excluding hydrogens is 396 g/mol. The summed E-state index contributed by atoms with van der Waals surface area (Å²) in [6.07, 6.45) is 8.36. The average molecular weight is 425 g/mol. The van der Waals surface area contributed by atoms with Crippen molar-refractivity contribution in [3.05, 3.63) is 51.1 Å². The van der Waals surface area contributed by atoms with Crippen LogP contribution < -0.4 is 5.56 Å². The number of nitrogens with zero attached hydrogens (tertiary/aromatic N) is 2.